The van der Waals surface area contributed by atoms with E-state index in [1.807, 2.05) is 12.1 Å². The molecule has 0 aromatic heterocycles. The Morgan fingerprint density at radius 1 is 1.28 bits per heavy atom. The van der Waals surface area contributed by atoms with Crippen molar-refractivity contribution in [1.29, 1.82) is 0 Å². The van der Waals surface area contributed by atoms with Gasteiger partial charge in [0.15, 0.2) is 0 Å². The average Bonchev–Trinajstić information content (AvgIpc) is 2.36. The van der Waals surface area contributed by atoms with E-state index < -0.39 is 0 Å². The number of benzene rings is 1. The molecule has 0 heterocycles. The van der Waals surface area contributed by atoms with Gasteiger partial charge in [-0.1, -0.05) is 38.8 Å². The lowest BCUT2D eigenvalue weighted by molar-refractivity contribution is -0.120. The number of amides is 1. The summed E-state index contributed by atoms with van der Waals surface area (Å²) in [5.41, 5.74) is 3.33. The molecule has 0 bridgehead atoms. The summed E-state index contributed by atoms with van der Waals surface area (Å²) in [6.07, 6.45) is 4.17. The first-order valence-corrected chi connectivity index (χ1v) is 6.97. The van der Waals surface area contributed by atoms with Crippen LogP contribution in [0.3, 0.4) is 0 Å². The first-order valence-electron chi connectivity index (χ1n) is 6.97. The van der Waals surface area contributed by atoms with Crippen LogP contribution in [0, 0.1) is 19.8 Å². The summed E-state index contributed by atoms with van der Waals surface area (Å²) in [6, 6.07) is 6.04. The van der Waals surface area contributed by atoms with E-state index in [1.54, 1.807) is 0 Å². The zero-order valence-corrected chi connectivity index (χ0v) is 12.0. The van der Waals surface area contributed by atoms with Gasteiger partial charge in [-0.2, -0.15) is 0 Å². The van der Waals surface area contributed by atoms with Crippen LogP contribution in [0.15, 0.2) is 18.2 Å². The maximum Gasteiger partial charge on any atom is 0.227 e. The molecule has 0 spiro atoms. The first kappa shape index (κ1) is 14.7. The summed E-state index contributed by atoms with van der Waals surface area (Å²) in [5.74, 6) is 0.310. The lowest BCUT2D eigenvalue weighted by Gasteiger charge is -2.16. The summed E-state index contributed by atoms with van der Waals surface area (Å²) < 4.78 is 0. The highest BCUT2D eigenvalue weighted by Crippen LogP contribution is 2.21. The third-order valence-electron chi connectivity index (χ3n) is 3.63. The van der Waals surface area contributed by atoms with Gasteiger partial charge in [0.25, 0.3) is 0 Å². The Bertz CT molecular complexity index is 398. The fraction of sp³-hybridized carbons (Fsp3) is 0.562. The Hall–Kier alpha value is -1.31. The van der Waals surface area contributed by atoms with Crippen molar-refractivity contribution in [2.45, 2.75) is 53.4 Å². The van der Waals surface area contributed by atoms with Gasteiger partial charge in [-0.15, -0.1) is 0 Å². The number of hydrogen-bond donors (Lipinski definition) is 1. The molecule has 0 aliphatic heterocycles. The number of rotatable bonds is 6. The number of nitrogens with one attached hydrogen (secondary N) is 1. The van der Waals surface area contributed by atoms with Crippen LogP contribution in [0.5, 0.6) is 0 Å². The Labute approximate surface area is 111 Å². The summed E-state index contributed by atoms with van der Waals surface area (Å²) >= 11 is 0. The topological polar surface area (TPSA) is 29.1 Å². The highest BCUT2D eigenvalue weighted by atomic mass is 16.1. The van der Waals surface area contributed by atoms with Gasteiger partial charge in [-0.25, -0.2) is 0 Å². The highest BCUT2D eigenvalue weighted by molar-refractivity contribution is 5.93. The minimum Gasteiger partial charge on any atom is -0.326 e. The summed E-state index contributed by atoms with van der Waals surface area (Å²) in [7, 11) is 0. The van der Waals surface area contributed by atoms with Crippen molar-refractivity contribution >= 4 is 11.6 Å². The second-order valence-corrected chi connectivity index (χ2v) is 4.98. The Morgan fingerprint density at radius 2 is 2.00 bits per heavy atom. The number of anilines is 1. The van der Waals surface area contributed by atoms with E-state index in [0.29, 0.717) is 0 Å². The molecule has 1 amide bonds. The first-order chi connectivity index (χ1) is 8.60. The van der Waals surface area contributed by atoms with Crippen LogP contribution >= 0.6 is 0 Å². The van der Waals surface area contributed by atoms with Crippen molar-refractivity contribution in [3.63, 3.8) is 0 Å². The molecule has 18 heavy (non-hydrogen) atoms. The number of hydrogen-bond acceptors (Lipinski definition) is 1. The van der Waals surface area contributed by atoms with E-state index in [0.717, 1.165) is 36.9 Å². The average molecular weight is 247 g/mol. The highest BCUT2D eigenvalue weighted by Gasteiger charge is 2.16. The fourth-order valence-corrected chi connectivity index (χ4v) is 2.09. The van der Waals surface area contributed by atoms with Crippen LogP contribution in [0.4, 0.5) is 5.69 Å². The van der Waals surface area contributed by atoms with E-state index in [2.05, 4.69) is 39.1 Å². The molecular formula is C16H25NO. The normalized spacial score (nSPS) is 12.2. The molecule has 100 valence electrons. The second kappa shape index (κ2) is 7.20. The summed E-state index contributed by atoms with van der Waals surface area (Å²) in [6.45, 7) is 8.37. The van der Waals surface area contributed by atoms with Crippen molar-refractivity contribution < 1.29 is 4.79 Å². The van der Waals surface area contributed by atoms with Crippen LogP contribution in [-0.2, 0) is 4.79 Å². The zero-order valence-electron chi connectivity index (χ0n) is 12.0. The zero-order chi connectivity index (χ0) is 13.5. The Morgan fingerprint density at radius 3 is 2.61 bits per heavy atom. The maximum atomic E-state index is 12.2. The second-order valence-electron chi connectivity index (χ2n) is 4.98. The van der Waals surface area contributed by atoms with Gasteiger partial charge in [-0.05, 0) is 43.9 Å². The van der Waals surface area contributed by atoms with Crippen molar-refractivity contribution in [1.82, 2.24) is 0 Å². The van der Waals surface area contributed by atoms with Crippen molar-refractivity contribution in [3.8, 4) is 0 Å². The lowest BCUT2D eigenvalue weighted by Crippen LogP contribution is -2.22. The number of unbranched alkanes of at least 4 members (excludes halogenated alkanes) is 1. The smallest absolute Gasteiger partial charge is 0.227 e. The van der Waals surface area contributed by atoms with Gasteiger partial charge in [0.1, 0.15) is 0 Å². The minimum absolute atomic E-state index is 0.143. The molecule has 0 aliphatic carbocycles. The van der Waals surface area contributed by atoms with E-state index in [-0.39, 0.29) is 11.8 Å². The summed E-state index contributed by atoms with van der Waals surface area (Å²) in [4.78, 5) is 12.2. The molecule has 0 aliphatic rings. The SMILES string of the molecule is CCCCC(CC)C(=O)Nc1cccc(C)c1C. The van der Waals surface area contributed by atoms with Gasteiger partial charge in [-0.3, -0.25) is 4.79 Å². The van der Waals surface area contributed by atoms with Gasteiger partial charge in [0, 0.05) is 11.6 Å². The quantitative estimate of drug-likeness (QED) is 0.790. The van der Waals surface area contributed by atoms with Gasteiger partial charge < -0.3 is 5.32 Å². The predicted molar refractivity (Wildman–Crippen MR) is 77.9 cm³/mol. The molecule has 2 heteroatoms. The predicted octanol–water partition coefficient (Wildman–Crippen LogP) is 4.46. The van der Waals surface area contributed by atoms with Crippen LogP contribution in [-0.4, -0.2) is 5.91 Å². The molecular weight excluding hydrogens is 222 g/mol. The van der Waals surface area contributed by atoms with Crippen molar-refractivity contribution in [3.05, 3.63) is 29.3 Å². The molecule has 0 saturated heterocycles. The van der Waals surface area contributed by atoms with E-state index in [4.69, 9.17) is 0 Å². The molecule has 0 radical (unpaired) electrons. The van der Waals surface area contributed by atoms with E-state index >= 15 is 0 Å². The van der Waals surface area contributed by atoms with E-state index in [9.17, 15) is 4.79 Å². The largest absolute Gasteiger partial charge is 0.326 e. The molecule has 1 atom stereocenters. The third kappa shape index (κ3) is 3.86. The van der Waals surface area contributed by atoms with Crippen molar-refractivity contribution in [2.75, 3.05) is 5.32 Å². The number of carbonyl (C=O) groups is 1. The van der Waals surface area contributed by atoms with E-state index in [1.165, 1.54) is 5.56 Å². The lowest BCUT2D eigenvalue weighted by atomic mass is 9.98. The van der Waals surface area contributed by atoms with Crippen molar-refractivity contribution in [2.24, 2.45) is 5.92 Å². The Kier molecular flexibility index (Phi) is 5.90. The standard InChI is InChI=1S/C16H25NO/c1-5-7-10-14(6-2)16(18)17-15-11-8-9-12(3)13(15)4/h8-9,11,14H,5-7,10H2,1-4H3,(H,17,18). The molecule has 1 N–H and O–H groups in total. The molecule has 1 unspecified atom stereocenters. The van der Waals surface area contributed by atoms with Gasteiger partial charge in [0.2, 0.25) is 5.91 Å². The fourth-order valence-electron chi connectivity index (χ4n) is 2.09. The molecule has 0 fully saturated rings. The van der Waals surface area contributed by atoms with Crippen LogP contribution in [0.25, 0.3) is 0 Å². The molecule has 1 aromatic carbocycles. The summed E-state index contributed by atoms with van der Waals surface area (Å²) in [5, 5.41) is 3.07. The number of aryl methyl sites for hydroxylation is 1. The van der Waals surface area contributed by atoms with Gasteiger partial charge in [0.05, 0.1) is 0 Å². The van der Waals surface area contributed by atoms with Crippen LogP contribution < -0.4 is 5.32 Å². The molecule has 0 saturated carbocycles. The Balaban J connectivity index is 2.70. The minimum atomic E-state index is 0.143. The van der Waals surface area contributed by atoms with Crippen LogP contribution in [0.1, 0.15) is 50.7 Å². The molecule has 1 aromatic rings. The maximum absolute atomic E-state index is 12.2. The molecule has 1 rings (SSSR count). The van der Waals surface area contributed by atoms with Crippen LogP contribution in [0.2, 0.25) is 0 Å². The van der Waals surface area contributed by atoms with Gasteiger partial charge >= 0.3 is 0 Å². The number of carbonyl (C=O) groups excluding carboxylic acids is 1. The molecule has 2 nitrogen and oxygen atoms in total. The third-order valence-corrected chi connectivity index (χ3v) is 3.63. The monoisotopic (exact) mass is 247 g/mol.